The molecule has 6 heteroatoms. The van der Waals surface area contributed by atoms with E-state index in [9.17, 15) is 13.5 Å². The lowest BCUT2D eigenvalue weighted by molar-refractivity contribution is 0.281. The lowest BCUT2D eigenvalue weighted by Gasteiger charge is -2.18. The first-order chi connectivity index (χ1) is 9.52. The second kappa shape index (κ2) is 5.30. The molecule has 0 spiro atoms. The van der Waals surface area contributed by atoms with Crippen molar-refractivity contribution in [3.8, 4) is 0 Å². The summed E-state index contributed by atoms with van der Waals surface area (Å²) in [5.41, 5.74) is 0.451. The van der Waals surface area contributed by atoms with Gasteiger partial charge in [-0.1, -0.05) is 18.0 Å². The standard InChI is InChI=1S/C14H18ClNO3S/c15-14-5-4-13(6-12(14)9-17)20(18,19)16-7-10-2-1-3-11(10)8-16/h4-6,10-11,17H,1-3,7-9H2. The van der Waals surface area contributed by atoms with Gasteiger partial charge in [0, 0.05) is 18.1 Å². The molecular weight excluding hydrogens is 298 g/mol. The van der Waals surface area contributed by atoms with Crippen LogP contribution in [0.15, 0.2) is 23.1 Å². The summed E-state index contributed by atoms with van der Waals surface area (Å²) < 4.78 is 26.9. The van der Waals surface area contributed by atoms with Crippen molar-refractivity contribution in [3.63, 3.8) is 0 Å². The highest BCUT2D eigenvalue weighted by Gasteiger charge is 2.41. The van der Waals surface area contributed by atoms with Gasteiger partial charge in [-0.3, -0.25) is 0 Å². The molecule has 0 amide bonds. The molecule has 2 unspecified atom stereocenters. The number of hydrogen-bond acceptors (Lipinski definition) is 3. The first kappa shape index (κ1) is 14.3. The molecule has 4 nitrogen and oxygen atoms in total. The van der Waals surface area contributed by atoms with E-state index in [0.29, 0.717) is 35.5 Å². The van der Waals surface area contributed by atoms with Gasteiger partial charge in [-0.05, 0) is 48.4 Å². The molecule has 1 aromatic carbocycles. The molecule has 2 aliphatic rings. The summed E-state index contributed by atoms with van der Waals surface area (Å²) in [5, 5.41) is 9.61. The Morgan fingerprint density at radius 1 is 1.25 bits per heavy atom. The molecule has 0 aromatic heterocycles. The summed E-state index contributed by atoms with van der Waals surface area (Å²) in [6, 6.07) is 4.54. The van der Waals surface area contributed by atoms with Crippen LogP contribution in [-0.4, -0.2) is 30.9 Å². The smallest absolute Gasteiger partial charge is 0.243 e. The predicted octanol–water partition coefficient (Wildman–Crippen LogP) is 2.25. The molecule has 2 atom stereocenters. The average molecular weight is 316 g/mol. The highest BCUT2D eigenvalue weighted by Crippen LogP contribution is 2.39. The molecule has 1 saturated heterocycles. The van der Waals surface area contributed by atoms with Crippen LogP contribution in [0.3, 0.4) is 0 Å². The van der Waals surface area contributed by atoms with E-state index in [1.165, 1.54) is 24.6 Å². The van der Waals surface area contributed by atoms with Gasteiger partial charge in [-0.15, -0.1) is 0 Å². The molecule has 110 valence electrons. The third-order valence-electron chi connectivity index (χ3n) is 4.52. The normalized spacial score (nSPS) is 26.9. The highest BCUT2D eigenvalue weighted by molar-refractivity contribution is 7.89. The highest BCUT2D eigenvalue weighted by atomic mass is 35.5. The third-order valence-corrected chi connectivity index (χ3v) is 6.71. The number of rotatable bonds is 3. The summed E-state index contributed by atoms with van der Waals surface area (Å²) in [5.74, 6) is 1.05. The number of fused-ring (bicyclic) bond motifs is 1. The van der Waals surface area contributed by atoms with Gasteiger partial charge in [0.1, 0.15) is 0 Å². The van der Waals surface area contributed by atoms with E-state index < -0.39 is 10.0 Å². The summed E-state index contributed by atoms with van der Waals surface area (Å²) in [4.78, 5) is 0.228. The molecule has 0 bridgehead atoms. The molecule has 3 rings (SSSR count). The molecule has 1 aliphatic heterocycles. The zero-order chi connectivity index (χ0) is 14.3. The fourth-order valence-electron chi connectivity index (χ4n) is 3.37. The molecule has 1 aliphatic carbocycles. The van der Waals surface area contributed by atoms with Gasteiger partial charge in [0.2, 0.25) is 10.0 Å². The minimum absolute atomic E-state index is 0.228. The Morgan fingerprint density at radius 3 is 2.50 bits per heavy atom. The fourth-order valence-corrected chi connectivity index (χ4v) is 5.15. The van der Waals surface area contributed by atoms with Crippen LogP contribution >= 0.6 is 11.6 Å². The lowest BCUT2D eigenvalue weighted by Crippen LogP contribution is -2.29. The fraction of sp³-hybridized carbons (Fsp3) is 0.571. The number of aliphatic hydroxyl groups excluding tert-OH is 1. The molecule has 1 aromatic rings. The second-order valence-corrected chi connectivity index (χ2v) is 8.03. The van der Waals surface area contributed by atoms with Gasteiger partial charge in [0.15, 0.2) is 0 Å². The zero-order valence-corrected chi connectivity index (χ0v) is 12.7. The van der Waals surface area contributed by atoms with Gasteiger partial charge in [0.05, 0.1) is 11.5 Å². The largest absolute Gasteiger partial charge is 0.392 e. The monoisotopic (exact) mass is 315 g/mol. The first-order valence-electron chi connectivity index (χ1n) is 6.92. The van der Waals surface area contributed by atoms with Gasteiger partial charge >= 0.3 is 0 Å². The van der Waals surface area contributed by atoms with Crippen molar-refractivity contribution in [2.45, 2.75) is 30.8 Å². The van der Waals surface area contributed by atoms with Crippen molar-refractivity contribution in [1.29, 1.82) is 0 Å². The Balaban J connectivity index is 1.89. The maximum absolute atomic E-state index is 12.6. The van der Waals surface area contributed by atoms with Gasteiger partial charge in [-0.25, -0.2) is 8.42 Å². The number of halogens is 1. The van der Waals surface area contributed by atoms with E-state index in [0.717, 1.165) is 12.8 Å². The van der Waals surface area contributed by atoms with Crippen molar-refractivity contribution in [1.82, 2.24) is 4.31 Å². The Labute approximate surface area is 124 Å². The van der Waals surface area contributed by atoms with Crippen molar-refractivity contribution in [3.05, 3.63) is 28.8 Å². The number of hydrogen-bond donors (Lipinski definition) is 1. The molecule has 20 heavy (non-hydrogen) atoms. The zero-order valence-electron chi connectivity index (χ0n) is 11.1. The summed E-state index contributed by atoms with van der Waals surface area (Å²) in [7, 11) is -3.47. The number of sulfonamides is 1. The van der Waals surface area contributed by atoms with Gasteiger partial charge < -0.3 is 5.11 Å². The van der Waals surface area contributed by atoms with E-state index >= 15 is 0 Å². The van der Waals surface area contributed by atoms with Gasteiger partial charge in [0.25, 0.3) is 0 Å². The molecule has 2 fully saturated rings. The number of benzene rings is 1. The van der Waals surface area contributed by atoms with E-state index in [1.54, 1.807) is 4.31 Å². The maximum Gasteiger partial charge on any atom is 0.243 e. The third kappa shape index (κ3) is 2.37. The van der Waals surface area contributed by atoms with Crippen molar-refractivity contribution in [2.24, 2.45) is 11.8 Å². The Hall–Kier alpha value is -0.620. The molecular formula is C14H18ClNO3S. The van der Waals surface area contributed by atoms with Crippen LogP contribution in [0.1, 0.15) is 24.8 Å². The molecule has 0 radical (unpaired) electrons. The molecule has 1 heterocycles. The average Bonchev–Trinajstić information content (AvgIpc) is 2.99. The van der Waals surface area contributed by atoms with Gasteiger partial charge in [-0.2, -0.15) is 4.31 Å². The van der Waals surface area contributed by atoms with Crippen LogP contribution in [0.25, 0.3) is 0 Å². The Kier molecular flexibility index (Phi) is 3.79. The number of aliphatic hydroxyl groups is 1. The minimum Gasteiger partial charge on any atom is -0.392 e. The minimum atomic E-state index is -3.47. The van der Waals surface area contributed by atoms with Crippen LogP contribution in [0, 0.1) is 11.8 Å². The molecule has 1 N–H and O–H groups in total. The Bertz CT molecular complexity index is 605. The second-order valence-electron chi connectivity index (χ2n) is 5.68. The van der Waals surface area contributed by atoms with Crippen LogP contribution in [0.2, 0.25) is 5.02 Å². The van der Waals surface area contributed by atoms with Crippen LogP contribution in [0.4, 0.5) is 0 Å². The van der Waals surface area contributed by atoms with E-state index in [1.807, 2.05) is 0 Å². The van der Waals surface area contributed by atoms with Crippen LogP contribution in [0.5, 0.6) is 0 Å². The first-order valence-corrected chi connectivity index (χ1v) is 8.73. The van der Waals surface area contributed by atoms with Crippen molar-refractivity contribution in [2.75, 3.05) is 13.1 Å². The van der Waals surface area contributed by atoms with Crippen molar-refractivity contribution >= 4 is 21.6 Å². The number of nitrogens with zero attached hydrogens (tertiary/aromatic N) is 1. The van der Waals surface area contributed by atoms with Crippen LogP contribution < -0.4 is 0 Å². The maximum atomic E-state index is 12.6. The quantitative estimate of drug-likeness (QED) is 0.930. The Morgan fingerprint density at radius 2 is 1.90 bits per heavy atom. The topological polar surface area (TPSA) is 57.6 Å². The predicted molar refractivity (Wildman–Crippen MR) is 77.0 cm³/mol. The van der Waals surface area contributed by atoms with Crippen molar-refractivity contribution < 1.29 is 13.5 Å². The summed E-state index contributed by atoms with van der Waals surface area (Å²) >= 11 is 5.92. The SMILES string of the molecule is O=S(=O)(c1ccc(Cl)c(CO)c1)N1CC2CCCC2C1. The van der Waals surface area contributed by atoms with E-state index in [2.05, 4.69) is 0 Å². The lowest BCUT2D eigenvalue weighted by atomic mass is 10.0. The van der Waals surface area contributed by atoms with E-state index in [4.69, 9.17) is 11.6 Å². The van der Waals surface area contributed by atoms with E-state index in [-0.39, 0.29) is 11.5 Å². The summed E-state index contributed by atoms with van der Waals surface area (Å²) in [6.45, 7) is 1.00. The van der Waals surface area contributed by atoms with Crippen LogP contribution in [-0.2, 0) is 16.6 Å². The molecule has 1 saturated carbocycles. The summed E-state index contributed by atoms with van der Waals surface area (Å²) in [6.07, 6.45) is 3.50.